The minimum atomic E-state index is -4.70. The van der Waals surface area contributed by atoms with Crippen LogP contribution in [0.4, 0.5) is 13.2 Å². The first-order chi connectivity index (χ1) is 11.1. The summed E-state index contributed by atoms with van der Waals surface area (Å²) in [5, 5.41) is -0.511. The van der Waals surface area contributed by atoms with E-state index in [1.807, 2.05) is 0 Å². The van der Waals surface area contributed by atoms with Gasteiger partial charge < -0.3 is 0 Å². The normalized spacial score (nSPS) is 28.3. The third-order valence-corrected chi connectivity index (χ3v) is 7.22. The lowest BCUT2D eigenvalue weighted by atomic mass is 9.84. The average Bonchev–Trinajstić information content (AvgIpc) is 3.08. The molecule has 0 unspecified atom stereocenters. The Kier molecular flexibility index (Phi) is 4.64. The van der Waals surface area contributed by atoms with Gasteiger partial charge in [-0.2, -0.15) is 13.2 Å². The van der Waals surface area contributed by atoms with E-state index in [-0.39, 0.29) is 12.0 Å². The fourth-order valence-electron chi connectivity index (χ4n) is 4.20. The predicted octanol–water partition coefficient (Wildman–Crippen LogP) is 4.46. The summed E-state index contributed by atoms with van der Waals surface area (Å²) in [6, 6.07) is 2.38. The van der Waals surface area contributed by atoms with Crippen LogP contribution in [0.3, 0.4) is 0 Å². The summed E-state index contributed by atoms with van der Waals surface area (Å²) in [6.45, 7) is 1.80. The topological polar surface area (TPSA) is 46.2 Å². The predicted molar refractivity (Wildman–Crippen MR) is 85.2 cm³/mol. The summed E-state index contributed by atoms with van der Waals surface area (Å²) in [7, 11) is -4.02. The van der Waals surface area contributed by atoms with Crippen LogP contribution in [0.5, 0.6) is 0 Å². The summed E-state index contributed by atoms with van der Waals surface area (Å²) < 4.78 is 66.3. The van der Waals surface area contributed by atoms with Crippen molar-refractivity contribution in [3.8, 4) is 0 Å². The number of fused-ring (bicyclic) bond motifs is 2. The van der Waals surface area contributed by atoms with Gasteiger partial charge in [0.25, 0.3) is 0 Å². The van der Waals surface area contributed by atoms with Gasteiger partial charge in [0, 0.05) is 6.04 Å². The number of alkyl halides is 3. The van der Waals surface area contributed by atoms with Crippen molar-refractivity contribution in [1.29, 1.82) is 0 Å². The number of benzene rings is 1. The molecule has 24 heavy (non-hydrogen) atoms. The van der Waals surface area contributed by atoms with Crippen molar-refractivity contribution in [1.82, 2.24) is 4.72 Å². The largest absolute Gasteiger partial charge is 0.417 e. The zero-order chi connectivity index (χ0) is 17.7. The quantitative estimate of drug-likeness (QED) is 0.836. The third-order valence-electron chi connectivity index (χ3n) is 5.33. The van der Waals surface area contributed by atoms with Crippen molar-refractivity contribution in [2.75, 3.05) is 0 Å². The minimum absolute atomic E-state index is 0.257. The van der Waals surface area contributed by atoms with Crippen molar-refractivity contribution in [2.24, 2.45) is 17.8 Å². The highest BCUT2D eigenvalue weighted by molar-refractivity contribution is 7.89. The van der Waals surface area contributed by atoms with Crippen LogP contribution < -0.4 is 4.72 Å². The van der Waals surface area contributed by atoms with Crippen LogP contribution in [0.1, 0.15) is 38.2 Å². The molecule has 3 nitrogen and oxygen atoms in total. The SMILES string of the molecule is C[C@@H](NS(=O)(=O)c1ccc(Cl)c(C(F)(F)F)c1)[C@@H]1C[C@H]2CC[C@H]1C2. The molecule has 0 aromatic heterocycles. The molecule has 0 saturated heterocycles. The fourth-order valence-corrected chi connectivity index (χ4v) is 5.74. The van der Waals surface area contributed by atoms with Crippen LogP contribution in [-0.2, 0) is 16.2 Å². The lowest BCUT2D eigenvalue weighted by Gasteiger charge is -2.28. The molecule has 0 heterocycles. The minimum Gasteiger partial charge on any atom is -0.208 e. The molecule has 134 valence electrons. The molecular formula is C16H19ClF3NO2S. The monoisotopic (exact) mass is 381 g/mol. The molecule has 2 aliphatic rings. The zero-order valence-electron chi connectivity index (χ0n) is 13.1. The zero-order valence-corrected chi connectivity index (χ0v) is 14.7. The lowest BCUT2D eigenvalue weighted by molar-refractivity contribution is -0.137. The van der Waals surface area contributed by atoms with E-state index < -0.39 is 31.7 Å². The van der Waals surface area contributed by atoms with E-state index in [1.165, 1.54) is 6.42 Å². The molecule has 4 atom stereocenters. The van der Waals surface area contributed by atoms with E-state index in [1.54, 1.807) is 6.92 Å². The van der Waals surface area contributed by atoms with Gasteiger partial charge in [0.05, 0.1) is 15.5 Å². The molecule has 2 saturated carbocycles. The Morgan fingerprint density at radius 3 is 2.50 bits per heavy atom. The second-order valence-corrected chi connectivity index (χ2v) is 9.01. The Balaban J connectivity index is 1.80. The first kappa shape index (κ1) is 18.0. The number of nitrogens with one attached hydrogen (secondary N) is 1. The van der Waals surface area contributed by atoms with Gasteiger partial charge in [0.15, 0.2) is 0 Å². The molecule has 2 fully saturated rings. The van der Waals surface area contributed by atoms with Crippen molar-refractivity contribution in [2.45, 2.75) is 49.7 Å². The molecule has 2 aliphatic carbocycles. The van der Waals surface area contributed by atoms with Crippen LogP contribution in [-0.4, -0.2) is 14.5 Å². The first-order valence-corrected chi connectivity index (χ1v) is 9.83. The Morgan fingerprint density at radius 2 is 1.96 bits per heavy atom. The van der Waals surface area contributed by atoms with Gasteiger partial charge in [-0.3, -0.25) is 0 Å². The van der Waals surface area contributed by atoms with Gasteiger partial charge in [-0.15, -0.1) is 0 Å². The molecule has 1 N–H and O–H groups in total. The second kappa shape index (κ2) is 6.18. The number of rotatable bonds is 4. The van der Waals surface area contributed by atoms with Crippen molar-refractivity contribution < 1.29 is 21.6 Å². The van der Waals surface area contributed by atoms with Gasteiger partial charge in [0.1, 0.15) is 0 Å². The molecule has 0 radical (unpaired) electrons. The van der Waals surface area contributed by atoms with Gasteiger partial charge in [-0.25, -0.2) is 13.1 Å². The number of hydrogen-bond acceptors (Lipinski definition) is 2. The summed E-state index contributed by atoms with van der Waals surface area (Å²) in [5.41, 5.74) is -1.14. The highest BCUT2D eigenvalue weighted by atomic mass is 35.5. The van der Waals surface area contributed by atoms with E-state index in [0.717, 1.165) is 31.4 Å². The highest BCUT2D eigenvalue weighted by Gasteiger charge is 2.43. The van der Waals surface area contributed by atoms with E-state index in [9.17, 15) is 21.6 Å². The Labute approximate surface area is 144 Å². The fraction of sp³-hybridized carbons (Fsp3) is 0.625. The lowest BCUT2D eigenvalue weighted by Crippen LogP contribution is -2.40. The maximum absolute atomic E-state index is 12.9. The smallest absolute Gasteiger partial charge is 0.208 e. The molecule has 1 aromatic rings. The van der Waals surface area contributed by atoms with Gasteiger partial charge in [-0.05, 0) is 62.1 Å². The molecular weight excluding hydrogens is 363 g/mol. The van der Waals surface area contributed by atoms with Crippen LogP contribution in [0.25, 0.3) is 0 Å². The summed E-state index contributed by atoms with van der Waals surface area (Å²) in [6.07, 6.45) is -0.259. The standard InChI is InChI=1S/C16H19ClF3NO2S/c1-9(13-7-10-2-3-11(13)6-10)21-24(22,23)12-4-5-15(17)14(8-12)16(18,19)20/h4-5,8-11,13,21H,2-3,6-7H2,1H3/t9-,10+,11+,13+/m1/s1. The second-order valence-electron chi connectivity index (χ2n) is 6.89. The molecule has 3 rings (SSSR count). The summed E-state index contributed by atoms with van der Waals surface area (Å²) in [4.78, 5) is -0.408. The van der Waals surface area contributed by atoms with Crippen LogP contribution >= 0.6 is 11.6 Å². The third kappa shape index (κ3) is 3.44. The van der Waals surface area contributed by atoms with E-state index in [4.69, 9.17) is 11.6 Å². The molecule has 1 aromatic carbocycles. The Bertz CT molecular complexity index is 735. The number of halogens is 4. The maximum atomic E-state index is 12.9. The molecule has 8 heteroatoms. The van der Waals surface area contributed by atoms with E-state index in [2.05, 4.69) is 4.72 Å². The summed E-state index contributed by atoms with van der Waals surface area (Å²) >= 11 is 5.55. The Morgan fingerprint density at radius 1 is 1.25 bits per heavy atom. The van der Waals surface area contributed by atoms with Gasteiger partial charge in [0.2, 0.25) is 10.0 Å². The van der Waals surface area contributed by atoms with Crippen LogP contribution in [0.15, 0.2) is 23.1 Å². The van der Waals surface area contributed by atoms with Crippen molar-refractivity contribution in [3.63, 3.8) is 0 Å². The first-order valence-electron chi connectivity index (χ1n) is 7.97. The van der Waals surface area contributed by atoms with Crippen molar-refractivity contribution in [3.05, 3.63) is 28.8 Å². The van der Waals surface area contributed by atoms with Crippen molar-refractivity contribution >= 4 is 21.6 Å². The number of hydrogen-bond donors (Lipinski definition) is 1. The molecule has 0 amide bonds. The summed E-state index contributed by atoms with van der Waals surface area (Å²) in [5.74, 6) is 1.44. The van der Waals surface area contributed by atoms with Crippen LogP contribution in [0.2, 0.25) is 5.02 Å². The molecule has 0 aliphatic heterocycles. The van der Waals surface area contributed by atoms with E-state index in [0.29, 0.717) is 17.9 Å². The van der Waals surface area contributed by atoms with Gasteiger partial charge >= 0.3 is 6.18 Å². The van der Waals surface area contributed by atoms with Gasteiger partial charge in [-0.1, -0.05) is 18.0 Å². The van der Waals surface area contributed by atoms with E-state index >= 15 is 0 Å². The highest BCUT2D eigenvalue weighted by Crippen LogP contribution is 2.49. The molecule has 0 spiro atoms. The Hall–Kier alpha value is -0.790. The average molecular weight is 382 g/mol. The number of sulfonamides is 1. The maximum Gasteiger partial charge on any atom is 0.417 e. The van der Waals surface area contributed by atoms with Crippen LogP contribution in [0, 0.1) is 17.8 Å². The molecule has 2 bridgehead atoms.